The number of benzene rings is 2. The van der Waals surface area contributed by atoms with Gasteiger partial charge in [0, 0.05) is 6.07 Å². The third kappa shape index (κ3) is 4.55. The smallest absolute Gasteiger partial charge is 0.357 e. The quantitative estimate of drug-likeness (QED) is 0.316. The zero-order valence-corrected chi connectivity index (χ0v) is 16.8. The lowest BCUT2D eigenvalue weighted by molar-refractivity contribution is 0.0440. The summed E-state index contributed by atoms with van der Waals surface area (Å²) in [6.07, 6.45) is 0. The molecule has 0 aliphatic carbocycles. The van der Waals surface area contributed by atoms with Crippen molar-refractivity contribution in [3.8, 4) is 22.0 Å². The Hall–Kier alpha value is -3.38. The monoisotopic (exact) mass is 404 g/mol. The topological polar surface area (TPSA) is 53.4 Å². The molecule has 2 aromatic carbocycles. The van der Waals surface area contributed by atoms with Gasteiger partial charge in [0.25, 0.3) is 0 Å². The third-order valence-electron chi connectivity index (χ3n) is 4.30. The van der Waals surface area contributed by atoms with Gasteiger partial charge in [-0.3, -0.25) is 0 Å². The van der Waals surface area contributed by atoms with Crippen LogP contribution in [0.15, 0.2) is 78.2 Å². The van der Waals surface area contributed by atoms with Crippen molar-refractivity contribution in [2.75, 3.05) is 13.2 Å². The molecule has 0 atom stereocenters. The minimum atomic E-state index is -0.434. The minimum Gasteiger partial charge on any atom is -0.490 e. The highest BCUT2D eigenvalue weighted by atomic mass is 32.1. The molecule has 0 fully saturated rings. The molecule has 2 heterocycles. The van der Waals surface area contributed by atoms with Crippen molar-refractivity contribution in [1.29, 1.82) is 0 Å². The highest BCUT2D eigenvalue weighted by molar-refractivity contribution is 7.13. The highest BCUT2D eigenvalue weighted by Gasteiger charge is 2.19. The number of carbonyl (C=O) groups is 1. The van der Waals surface area contributed by atoms with Gasteiger partial charge in [0.05, 0.1) is 10.6 Å². The fraction of sp³-hybridized carbons (Fsp3) is 0.130. The highest BCUT2D eigenvalue weighted by Crippen LogP contribution is 2.26. The lowest BCUT2D eigenvalue weighted by atomic mass is 10.2. The molecule has 4 aromatic rings. The van der Waals surface area contributed by atoms with E-state index in [9.17, 15) is 4.79 Å². The van der Waals surface area contributed by atoms with Gasteiger partial charge in [0.2, 0.25) is 0 Å². The number of esters is 1. The lowest BCUT2D eigenvalue weighted by Gasteiger charge is -2.09. The maximum Gasteiger partial charge on any atom is 0.357 e. The van der Waals surface area contributed by atoms with Crippen LogP contribution in [0.1, 0.15) is 16.1 Å². The molecule has 0 bridgehead atoms. The number of aromatic nitrogens is 2. The van der Waals surface area contributed by atoms with Crippen molar-refractivity contribution in [1.82, 2.24) is 9.78 Å². The minimum absolute atomic E-state index is 0.154. The predicted octanol–water partition coefficient (Wildman–Crippen LogP) is 5.15. The summed E-state index contributed by atoms with van der Waals surface area (Å²) in [5.74, 6) is 0.317. The van der Waals surface area contributed by atoms with Crippen LogP contribution in [0, 0.1) is 6.92 Å². The van der Waals surface area contributed by atoms with E-state index in [1.165, 1.54) is 5.56 Å². The van der Waals surface area contributed by atoms with Crippen LogP contribution < -0.4 is 4.74 Å². The molecule has 0 N–H and O–H groups in total. The zero-order chi connectivity index (χ0) is 20.1. The van der Waals surface area contributed by atoms with Gasteiger partial charge in [0.1, 0.15) is 24.7 Å². The van der Waals surface area contributed by atoms with Gasteiger partial charge >= 0.3 is 5.97 Å². The number of para-hydroxylation sites is 1. The second-order valence-electron chi connectivity index (χ2n) is 6.44. The number of nitrogens with zero attached hydrogens (tertiary/aromatic N) is 2. The number of aryl methyl sites for hydroxylation is 1. The van der Waals surface area contributed by atoms with Crippen molar-refractivity contribution in [2.24, 2.45) is 0 Å². The molecule has 0 aliphatic rings. The zero-order valence-electron chi connectivity index (χ0n) is 15.9. The average Bonchev–Trinajstić information content (AvgIpc) is 3.43. The molecule has 0 spiro atoms. The molecular weight excluding hydrogens is 384 g/mol. The Balaban J connectivity index is 1.47. The largest absolute Gasteiger partial charge is 0.490 e. The fourth-order valence-electron chi connectivity index (χ4n) is 2.84. The first-order valence-corrected chi connectivity index (χ1v) is 10.1. The first-order valence-electron chi connectivity index (χ1n) is 9.27. The van der Waals surface area contributed by atoms with Crippen molar-refractivity contribution < 1.29 is 14.3 Å². The summed E-state index contributed by atoms with van der Waals surface area (Å²) in [5, 5.41) is 6.61. The Morgan fingerprint density at radius 2 is 1.79 bits per heavy atom. The summed E-state index contributed by atoms with van der Waals surface area (Å²) in [6.45, 7) is 2.46. The van der Waals surface area contributed by atoms with Crippen LogP contribution >= 0.6 is 11.3 Å². The fourth-order valence-corrected chi connectivity index (χ4v) is 3.52. The van der Waals surface area contributed by atoms with Gasteiger partial charge in [0.15, 0.2) is 5.69 Å². The number of rotatable bonds is 7. The molecule has 0 aliphatic heterocycles. The molecule has 4 rings (SSSR count). The average molecular weight is 404 g/mol. The van der Waals surface area contributed by atoms with E-state index in [1.807, 2.05) is 79.0 Å². The van der Waals surface area contributed by atoms with Crippen LogP contribution in [0.3, 0.4) is 0 Å². The summed E-state index contributed by atoms with van der Waals surface area (Å²) >= 11 is 1.58. The number of hydrogen-bond acceptors (Lipinski definition) is 5. The van der Waals surface area contributed by atoms with Crippen LogP contribution in [-0.4, -0.2) is 29.0 Å². The summed E-state index contributed by atoms with van der Waals surface area (Å²) in [4.78, 5) is 13.7. The SMILES string of the molecule is Cc1ccc(OCCOC(=O)c2cc(-c3cccs3)nn2-c2ccccc2)cc1. The van der Waals surface area contributed by atoms with Crippen LogP contribution in [0.25, 0.3) is 16.3 Å². The maximum atomic E-state index is 12.7. The molecule has 0 saturated heterocycles. The first-order chi connectivity index (χ1) is 14.2. The van der Waals surface area contributed by atoms with Gasteiger partial charge in [-0.25, -0.2) is 9.48 Å². The number of ether oxygens (including phenoxy) is 2. The number of hydrogen-bond donors (Lipinski definition) is 0. The Kier molecular flexibility index (Phi) is 5.72. The Morgan fingerprint density at radius 1 is 1.00 bits per heavy atom. The molecule has 0 radical (unpaired) electrons. The normalized spacial score (nSPS) is 10.7. The standard InChI is InChI=1S/C23H20N2O3S/c1-17-9-11-19(12-10-17)27-13-14-28-23(26)21-16-20(22-8-5-15-29-22)24-25(21)18-6-3-2-4-7-18/h2-12,15-16H,13-14H2,1H3. The van der Waals surface area contributed by atoms with E-state index in [-0.39, 0.29) is 13.2 Å². The van der Waals surface area contributed by atoms with Crippen molar-refractivity contribution in [2.45, 2.75) is 6.92 Å². The Labute approximate surface area is 173 Å². The van der Waals surface area contributed by atoms with Gasteiger partial charge in [-0.2, -0.15) is 5.10 Å². The van der Waals surface area contributed by atoms with Crippen molar-refractivity contribution >= 4 is 17.3 Å². The Morgan fingerprint density at radius 3 is 2.52 bits per heavy atom. The molecule has 2 aromatic heterocycles. The molecule has 0 saturated carbocycles. The molecule has 6 heteroatoms. The molecular formula is C23H20N2O3S. The van der Waals surface area contributed by atoms with E-state index in [1.54, 1.807) is 22.1 Å². The van der Waals surface area contributed by atoms with Gasteiger partial charge in [-0.1, -0.05) is 42.0 Å². The summed E-state index contributed by atoms with van der Waals surface area (Å²) in [5.41, 5.74) is 3.10. The van der Waals surface area contributed by atoms with Gasteiger partial charge in [-0.05, 0) is 42.6 Å². The second kappa shape index (κ2) is 8.75. The Bertz CT molecular complexity index is 1070. The van der Waals surface area contributed by atoms with E-state index in [0.717, 1.165) is 22.0 Å². The molecule has 146 valence electrons. The molecule has 0 unspecified atom stereocenters. The maximum absolute atomic E-state index is 12.7. The number of thiophene rings is 1. The van der Waals surface area contributed by atoms with Crippen LogP contribution in [0.2, 0.25) is 0 Å². The van der Waals surface area contributed by atoms with E-state index < -0.39 is 5.97 Å². The van der Waals surface area contributed by atoms with E-state index in [4.69, 9.17) is 9.47 Å². The van der Waals surface area contributed by atoms with Crippen LogP contribution in [-0.2, 0) is 4.74 Å². The number of carbonyl (C=O) groups excluding carboxylic acids is 1. The van der Waals surface area contributed by atoms with Crippen LogP contribution in [0.5, 0.6) is 5.75 Å². The van der Waals surface area contributed by atoms with Gasteiger partial charge in [-0.15, -0.1) is 11.3 Å². The van der Waals surface area contributed by atoms with Gasteiger partial charge < -0.3 is 9.47 Å². The molecule has 29 heavy (non-hydrogen) atoms. The summed E-state index contributed by atoms with van der Waals surface area (Å²) < 4.78 is 12.7. The summed E-state index contributed by atoms with van der Waals surface area (Å²) in [7, 11) is 0. The second-order valence-corrected chi connectivity index (χ2v) is 7.38. The third-order valence-corrected chi connectivity index (χ3v) is 5.19. The van der Waals surface area contributed by atoms with E-state index >= 15 is 0 Å². The first kappa shape index (κ1) is 19.0. The van der Waals surface area contributed by atoms with Crippen LogP contribution in [0.4, 0.5) is 0 Å². The molecule has 5 nitrogen and oxygen atoms in total. The van der Waals surface area contributed by atoms with Crippen molar-refractivity contribution in [3.05, 3.63) is 89.4 Å². The van der Waals surface area contributed by atoms with Crippen molar-refractivity contribution in [3.63, 3.8) is 0 Å². The van der Waals surface area contributed by atoms with E-state index in [2.05, 4.69) is 5.10 Å². The summed E-state index contributed by atoms with van der Waals surface area (Å²) in [6, 6.07) is 23.0. The van der Waals surface area contributed by atoms with E-state index in [0.29, 0.717) is 5.69 Å². The predicted molar refractivity (Wildman–Crippen MR) is 114 cm³/mol. The molecule has 0 amide bonds. The lowest BCUT2D eigenvalue weighted by Crippen LogP contribution is -2.16.